The molecule has 32 heavy (non-hydrogen) atoms. The van der Waals surface area contributed by atoms with E-state index in [1.807, 2.05) is 19.1 Å². The van der Waals surface area contributed by atoms with Crippen LogP contribution in [0, 0.1) is 0 Å². The molecule has 176 valence electrons. The van der Waals surface area contributed by atoms with Crippen LogP contribution in [0.3, 0.4) is 0 Å². The fourth-order valence-electron chi connectivity index (χ4n) is 3.44. The zero-order chi connectivity index (χ0) is 23.7. The molecule has 0 saturated heterocycles. The van der Waals surface area contributed by atoms with E-state index >= 15 is 0 Å². The first kappa shape index (κ1) is 25.3. The monoisotopic (exact) mass is 464 g/mol. The van der Waals surface area contributed by atoms with Crippen LogP contribution in [0.25, 0.3) is 0 Å². The summed E-state index contributed by atoms with van der Waals surface area (Å²) >= 11 is 0. The van der Waals surface area contributed by atoms with Crippen LogP contribution in [-0.4, -0.2) is 48.5 Å². The van der Waals surface area contributed by atoms with Crippen LogP contribution >= 0.6 is 0 Å². The number of carbonyl (C=O) groups excluding carboxylic acids is 1. The van der Waals surface area contributed by atoms with Gasteiger partial charge in [-0.25, -0.2) is 8.42 Å². The van der Waals surface area contributed by atoms with Crippen molar-refractivity contribution in [2.24, 2.45) is 0 Å². The van der Waals surface area contributed by atoms with Crippen LogP contribution < -0.4 is 23.8 Å². The van der Waals surface area contributed by atoms with E-state index in [0.29, 0.717) is 35.8 Å². The third kappa shape index (κ3) is 6.53. The number of hydrogen-bond donors (Lipinski definition) is 1. The molecule has 0 bridgehead atoms. The average Bonchev–Trinajstić information content (AvgIpc) is 2.79. The van der Waals surface area contributed by atoms with Gasteiger partial charge in [0.1, 0.15) is 5.75 Å². The van der Waals surface area contributed by atoms with Crippen LogP contribution in [0.15, 0.2) is 42.5 Å². The van der Waals surface area contributed by atoms with Gasteiger partial charge in [0.2, 0.25) is 15.9 Å². The average molecular weight is 465 g/mol. The molecule has 0 saturated carbocycles. The molecule has 0 heterocycles. The summed E-state index contributed by atoms with van der Waals surface area (Å²) in [5.41, 5.74) is 1.36. The lowest BCUT2D eigenvalue weighted by atomic mass is 10.0. The van der Waals surface area contributed by atoms with Crippen molar-refractivity contribution in [1.82, 2.24) is 5.32 Å². The highest BCUT2D eigenvalue weighted by atomic mass is 32.2. The number of nitrogens with one attached hydrogen (secondary N) is 1. The molecule has 0 aromatic heterocycles. The summed E-state index contributed by atoms with van der Waals surface area (Å²) in [6, 6.07) is 12.3. The van der Waals surface area contributed by atoms with Crippen molar-refractivity contribution >= 4 is 21.6 Å². The molecule has 2 aromatic rings. The zero-order valence-corrected chi connectivity index (χ0v) is 20.1. The lowest BCUT2D eigenvalue weighted by Gasteiger charge is -2.24. The number of ether oxygens (including phenoxy) is 3. The van der Waals surface area contributed by atoms with Crippen LogP contribution in [0.1, 0.15) is 37.8 Å². The van der Waals surface area contributed by atoms with Crippen molar-refractivity contribution in [2.75, 3.05) is 38.4 Å². The number of hydrogen-bond acceptors (Lipinski definition) is 6. The van der Waals surface area contributed by atoms with Crippen molar-refractivity contribution in [3.63, 3.8) is 0 Å². The Morgan fingerprint density at radius 3 is 2.25 bits per heavy atom. The summed E-state index contributed by atoms with van der Waals surface area (Å²) in [7, 11) is 1.09. The maximum absolute atomic E-state index is 12.6. The topological polar surface area (TPSA) is 94.2 Å². The van der Waals surface area contributed by atoms with Crippen LogP contribution in [0.4, 0.5) is 5.69 Å². The number of nitrogens with zero attached hydrogens (tertiary/aromatic N) is 1. The summed E-state index contributed by atoms with van der Waals surface area (Å²) in [4.78, 5) is 12.6. The SMILES string of the molecule is CC[C@H](NC(=O)CCCN(c1ccccc1OC)S(C)(=O)=O)c1ccc(OC)c(OC)c1. The lowest BCUT2D eigenvalue weighted by Crippen LogP contribution is -2.33. The van der Waals surface area contributed by atoms with E-state index in [9.17, 15) is 13.2 Å². The summed E-state index contributed by atoms with van der Waals surface area (Å²) in [6.07, 6.45) is 2.38. The summed E-state index contributed by atoms with van der Waals surface area (Å²) < 4.78 is 41.9. The van der Waals surface area contributed by atoms with Crippen LogP contribution in [-0.2, 0) is 14.8 Å². The first-order chi connectivity index (χ1) is 15.2. The highest BCUT2D eigenvalue weighted by molar-refractivity contribution is 7.92. The van der Waals surface area contributed by atoms with Gasteiger partial charge in [0.05, 0.1) is 39.3 Å². The molecular formula is C23H32N2O6S. The number of sulfonamides is 1. The van der Waals surface area contributed by atoms with E-state index in [1.165, 1.54) is 11.4 Å². The lowest BCUT2D eigenvalue weighted by molar-refractivity contribution is -0.121. The Hall–Kier alpha value is -2.94. The normalized spacial score (nSPS) is 12.0. The number of para-hydroxylation sites is 2. The molecule has 1 N–H and O–H groups in total. The van der Waals surface area contributed by atoms with Gasteiger partial charge >= 0.3 is 0 Å². The largest absolute Gasteiger partial charge is 0.495 e. The van der Waals surface area contributed by atoms with E-state index in [4.69, 9.17) is 14.2 Å². The Morgan fingerprint density at radius 2 is 1.66 bits per heavy atom. The summed E-state index contributed by atoms with van der Waals surface area (Å²) in [5, 5.41) is 3.02. The van der Waals surface area contributed by atoms with E-state index in [-0.39, 0.29) is 24.9 Å². The quantitative estimate of drug-likeness (QED) is 0.517. The molecule has 0 fully saturated rings. The van der Waals surface area contributed by atoms with Crippen LogP contribution in [0.2, 0.25) is 0 Å². The molecule has 9 heteroatoms. The molecule has 0 aliphatic carbocycles. The van der Waals surface area contributed by atoms with Crippen LogP contribution in [0.5, 0.6) is 17.2 Å². The smallest absolute Gasteiger partial charge is 0.232 e. The molecule has 0 aliphatic heterocycles. The second-order valence-electron chi connectivity index (χ2n) is 7.25. The maximum Gasteiger partial charge on any atom is 0.232 e. The molecular weight excluding hydrogens is 432 g/mol. The van der Waals surface area contributed by atoms with E-state index in [1.54, 1.807) is 44.6 Å². The molecule has 0 aliphatic rings. The summed E-state index contributed by atoms with van der Waals surface area (Å²) in [5.74, 6) is 1.52. The molecule has 0 unspecified atom stereocenters. The number of amides is 1. The standard InChI is InChI=1S/C23H32N2O6S/c1-6-18(17-13-14-21(30-3)22(16-17)31-4)24-23(26)12-9-15-25(32(5,27)28)19-10-7-8-11-20(19)29-2/h7-8,10-11,13-14,16,18H,6,9,12,15H2,1-5H3,(H,24,26)/t18-/m0/s1. The van der Waals surface area contributed by atoms with Gasteiger partial charge in [0.15, 0.2) is 11.5 Å². The van der Waals surface area contributed by atoms with Gasteiger partial charge in [-0.2, -0.15) is 0 Å². The van der Waals surface area contributed by atoms with Crippen molar-refractivity contribution in [3.8, 4) is 17.2 Å². The number of carbonyl (C=O) groups is 1. The van der Waals surface area contributed by atoms with E-state index in [2.05, 4.69) is 5.32 Å². The fraction of sp³-hybridized carbons (Fsp3) is 0.435. The van der Waals surface area contributed by atoms with Gasteiger partial charge in [-0.05, 0) is 42.7 Å². The number of anilines is 1. The first-order valence-electron chi connectivity index (χ1n) is 10.4. The Morgan fingerprint density at radius 1 is 1.00 bits per heavy atom. The fourth-order valence-corrected chi connectivity index (χ4v) is 4.41. The van der Waals surface area contributed by atoms with Gasteiger partial charge in [-0.1, -0.05) is 25.1 Å². The number of methoxy groups -OCH3 is 3. The van der Waals surface area contributed by atoms with Crippen molar-refractivity contribution in [3.05, 3.63) is 48.0 Å². The maximum atomic E-state index is 12.6. The van der Waals surface area contributed by atoms with Gasteiger partial charge in [0, 0.05) is 13.0 Å². The van der Waals surface area contributed by atoms with Crippen molar-refractivity contribution in [2.45, 2.75) is 32.2 Å². The molecule has 8 nitrogen and oxygen atoms in total. The van der Waals surface area contributed by atoms with E-state index < -0.39 is 10.0 Å². The van der Waals surface area contributed by atoms with Gasteiger partial charge in [-0.3, -0.25) is 9.10 Å². The molecule has 2 rings (SSSR count). The highest BCUT2D eigenvalue weighted by Gasteiger charge is 2.21. The second-order valence-corrected chi connectivity index (χ2v) is 9.16. The third-order valence-corrected chi connectivity index (χ3v) is 6.25. The Bertz CT molecular complexity index is 1010. The van der Waals surface area contributed by atoms with Gasteiger partial charge < -0.3 is 19.5 Å². The first-order valence-corrected chi connectivity index (χ1v) is 12.2. The number of benzene rings is 2. The van der Waals surface area contributed by atoms with Gasteiger partial charge in [0.25, 0.3) is 0 Å². The Balaban J connectivity index is 2.04. The molecule has 1 atom stereocenters. The minimum Gasteiger partial charge on any atom is -0.495 e. The second kappa shape index (κ2) is 11.6. The van der Waals surface area contributed by atoms with Crippen molar-refractivity contribution < 1.29 is 27.4 Å². The number of rotatable bonds is 12. The summed E-state index contributed by atoms with van der Waals surface area (Å²) in [6.45, 7) is 2.15. The predicted molar refractivity (Wildman–Crippen MR) is 125 cm³/mol. The highest BCUT2D eigenvalue weighted by Crippen LogP contribution is 2.31. The minimum atomic E-state index is -3.54. The molecule has 0 radical (unpaired) electrons. The molecule has 1 amide bonds. The molecule has 0 spiro atoms. The Kier molecular flexibility index (Phi) is 9.19. The third-order valence-electron chi connectivity index (χ3n) is 5.07. The van der Waals surface area contributed by atoms with Gasteiger partial charge in [-0.15, -0.1) is 0 Å². The van der Waals surface area contributed by atoms with E-state index in [0.717, 1.165) is 11.8 Å². The predicted octanol–water partition coefficient (Wildman–Crippen LogP) is 3.53. The zero-order valence-electron chi connectivity index (χ0n) is 19.3. The Labute approximate surface area is 190 Å². The van der Waals surface area contributed by atoms with Crippen molar-refractivity contribution in [1.29, 1.82) is 0 Å². The minimum absolute atomic E-state index is 0.153. The molecule has 2 aromatic carbocycles.